The molecule has 1 aliphatic heterocycles. The van der Waals surface area contributed by atoms with Gasteiger partial charge in [0.1, 0.15) is 0 Å². The highest BCUT2D eigenvalue weighted by Crippen LogP contribution is 2.24. The normalized spacial score (nSPS) is 21.3. The van der Waals surface area contributed by atoms with Gasteiger partial charge in [-0.3, -0.25) is 8.98 Å². The van der Waals surface area contributed by atoms with Crippen LogP contribution in [0.1, 0.15) is 30.1 Å². The van der Waals surface area contributed by atoms with E-state index in [1.807, 2.05) is 13.0 Å². The Morgan fingerprint density at radius 3 is 2.56 bits per heavy atom. The number of hydrogen-bond acceptors (Lipinski definition) is 6. The molecule has 0 N–H and O–H groups in total. The lowest BCUT2D eigenvalue weighted by Gasteiger charge is -2.37. The number of aromatic nitrogens is 3. The Hall–Kier alpha value is -2.26. The minimum atomic E-state index is -3.56. The summed E-state index contributed by atoms with van der Waals surface area (Å²) in [5.41, 5.74) is 1.04. The predicted molar refractivity (Wildman–Crippen MR) is 90.8 cm³/mol. The van der Waals surface area contributed by atoms with E-state index in [0.717, 1.165) is 6.26 Å². The number of rotatable bonds is 4. The van der Waals surface area contributed by atoms with E-state index in [1.54, 1.807) is 35.5 Å². The maximum Gasteiger partial charge on any atom is 0.264 e. The first-order valence-corrected chi connectivity index (χ1v) is 9.82. The van der Waals surface area contributed by atoms with Crippen LogP contribution in [0, 0.1) is 0 Å². The molecule has 1 aromatic carbocycles. The summed E-state index contributed by atoms with van der Waals surface area (Å²) in [6.45, 7) is 2.18. The van der Waals surface area contributed by atoms with Crippen LogP contribution in [0.3, 0.4) is 0 Å². The average molecular weight is 364 g/mol. The minimum Gasteiger partial charge on any atom is -0.333 e. The maximum absolute atomic E-state index is 13.1. The maximum atomic E-state index is 13.1. The largest absolute Gasteiger partial charge is 0.333 e. The van der Waals surface area contributed by atoms with E-state index in [1.165, 1.54) is 4.80 Å². The molecule has 0 saturated carbocycles. The van der Waals surface area contributed by atoms with Crippen LogP contribution in [0.2, 0.25) is 0 Å². The summed E-state index contributed by atoms with van der Waals surface area (Å²) in [6, 6.07) is 7.07. The highest BCUT2D eigenvalue weighted by molar-refractivity contribution is 7.86. The highest BCUT2D eigenvalue weighted by atomic mass is 32.2. The van der Waals surface area contributed by atoms with Crippen molar-refractivity contribution in [2.75, 3.05) is 12.8 Å². The number of amides is 1. The Labute approximate surface area is 146 Å². The zero-order valence-corrected chi connectivity index (χ0v) is 14.9. The van der Waals surface area contributed by atoms with Gasteiger partial charge in [-0.15, -0.1) is 0 Å². The summed E-state index contributed by atoms with van der Waals surface area (Å²) in [6.07, 6.45) is 4.86. The molecule has 2 aromatic rings. The molecule has 3 rings (SSSR count). The van der Waals surface area contributed by atoms with Crippen LogP contribution in [-0.4, -0.2) is 59.2 Å². The molecule has 0 bridgehead atoms. The summed E-state index contributed by atoms with van der Waals surface area (Å²) >= 11 is 0. The van der Waals surface area contributed by atoms with E-state index in [4.69, 9.17) is 4.18 Å². The van der Waals surface area contributed by atoms with Gasteiger partial charge in [-0.1, -0.05) is 12.1 Å². The summed E-state index contributed by atoms with van der Waals surface area (Å²) in [5.74, 6) is -0.192. The first kappa shape index (κ1) is 17.6. The van der Waals surface area contributed by atoms with Crippen LogP contribution in [-0.2, 0) is 14.3 Å². The van der Waals surface area contributed by atoms with Crippen LogP contribution in [0.15, 0.2) is 36.7 Å². The van der Waals surface area contributed by atoms with Gasteiger partial charge < -0.3 is 4.90 Å². The van der Waals surface area contributed by atoms with Crippen LogP contribution in [0.5, 0.6) is 0 Å². The number of nitrogens with zero attached hydrogens (tertiary/aromatic N) is 4. The first-order chi connectivity index (χ1) is 11.8. The van der Waals surface area contributed by atoms with Crippen LogP contribution in [0.25, 0.3) is 5.69 Å². The summed E-state index contributed by atoms with van der Waals surface area (Å²) in [4.78, 5) is 16.1. The number of likely N-dealkylation sites (tertiary alicyclic amines) is 1. The van der Waals surface area contributed by atoms with Crippen molar-refractivity contribution in [1.29, 1.82) is 0 Å². The van der Waals surface area contributed by atoms with Crippen LogP contribution < -0.4 is 0 Å². The van der Waals surface area contributed by atoms with Gasteiger partial charge in [0.15, 0.2) is 0 Å². The third kappa shape index (κ3) is 4.05. The number of piperidine rings is 1. The molecule has 8 nitrogen and oxygen atoms in total. The van der Waals surface area contributed by atoms with Gasteiger partial charge in [-0.25, -0.2) is 0 Å². The molecule has 134 valence electrons. The lowest BCUT2D eigenvalue weighted by atomic mass is 10.00. The minimum absolute atomic E-state index is 0.00875. The molecule has 2 atom stereocenters. The van der Waals surface area contributed by atoms with Crippen LogP contribution >= 0.6 is 0 Å². The average Bonchev–Trinajstić information content (AvgIpc) is 3.09. The fraction of sp³-hybridized carbons (Fsp3) is 0.438. The third-order valence-corrected chi connectivity index (χ3v) is 4.80. The van der Waals surface area contributed by atoms with Crippen molar-refractivity contribution in [2.45, 2.75) is 31.9 Å². The quantitative estimate of drug-likeness (QED) is 0.758. The Morgan fingerprint density at radius 2 is 1.88 bits per heavy atom. The molecule has 1 fully saturated rings. The van der Waals surface area contributed by atoms with E-state index in [2.05, 4.69) is 10.2 Å². The van der Waals surface area contributed by atoms with Crippen molar-refractivity contribution in [3.05, 3.63) is 42.2 Å². The predicted octanol–water partition coefficient (Wildman–Crippen LogP) is 1.24. The van der Waals surface area contributed by atoms with Crippen LogP contribution in [0.4, 0.5) is 0 Å². The van der Waals surface area contributed by atoms with Gasteiger partial charge in [0.25, 0.3) is 16.0 Å². The molecule has 1 amide bonds. The number of para-hydroxylation sites is 1. The van der Waals surface area contributed by atoms with Crippen molar-refractivity contribution < 1.29 is 17.4 Å². The molecular formula is C16H20N4O4S. The van der Waals surface area contributed by atoms with Crippen molar-refractivity contribution in [3.8, 4) is 5.69 Å². The molecule has 1 saturated heterocycles. The van der Waals surface area contributed by atoms with Crippen molar-refractivity contribution in [1.82, 2.24) is 19.9 Å². The van der Waals surface area contributed by atoms with E-state index < -0.39 is 16.2 Å². The third-order valence-electron chi connectivity index (χ3n) is 4.18. The second-order valence-corrected chi connectivity index (χ2v) is 7.74. The first-order valence-electron chi connectivity index (χ1n) is 8.00. The molecule has 1 aliphatic rings. The monoisotopic (exact) mass is 364 g/mol. The topological polar surface area (TPSA) is 94.4 Å². The molecule has 0 aliphatic carbocycles. The van der Waals surface area contributed by atoms with Crippen molar-refractivity contribution >= 4 is 16.0 Å². The van der Waals surface area contributed by atoms with Gasteiger partial charge in [0.2, 0.25) is 0 Å². The fourth-order valence-electron chi connectivity index (χ4n) is 3.01. The number of carbonyl (C=O) groups is 1. The van der Waals surface area contributed by atoms with Gasteiger partial charge in [0.05, 0.1) is 36.0 Å². The van der Waals surface area contributed by atoms with Gasteiger partial charge >= 0.3 is 0 Å². The molecule has 1 aromatic heterocycles. The number of benzene rings is 1. The Bertz CT molecular complexity index is 851. The van der Waals surface area contributed by atoms with E-state index >= 15 is 0 Å². The van der Waals surface area contributed by atoms with Gasteiger partial charge in [0, 0.05) is 12.6 Å². The fourth-order valence-corrected chi connectivity index (χ4v) is 3.66. The lowest BCUT2D eigenvalue weighted by molar-refractivity contribution is 0.0401. The van der Waals surface area contributed by atoms with E-state index in [-0.39, 0.29) is 18.5 Å². The Kier molecular flexibility index (Phi) is 4.87. The number of hydrogen-bond donors (Lipinski definition) is 0. The van der Waals surface area contributed by atoms with E-state index in [0.29, 0.717) is 24.1 Å². The summed E-state index contributed by atoms with van der Waals surface area (Å²) < 4.78 is 27.9. The lowest BCUT2D eigenvalue weighted by Crippen LogP contribution is -2.48. The molecule has 2 heterocycles. The smallest absolute Gasteiger partial charge is 0.264 e. The summed E-state index contributed by atoms with van der Waals surface area (Å²) in [7, 11) is -3.56. The molecule has 0 radical (unpaired) electrons. The standard InChI is InChI=1S/C16H20N4O4S/c1-12-7-8-13(24-25(2,22)23)11-19(12)16(21)14-5-3-4-6-15(14)20-17-9-10-18-20/h3-6,9-10,12-13H,7-8,11H2,1-2H3. The SMILES string of the molecule is CC1CCC(OS(C)(=O)=O)CN1C(=O)c1ccccc1-n1nccn1. The second kappa shape index (κ2) is 6.93. The molecule has 2 unspecified atom stereocenters. The second-order valence-electron chi connectivity index (χ2n) is 6.14. The van der Waals surface area contributed by atoms with Gasteiger partial charge in [-0.2, -0.15) is 23.4 Å². The molecule has 25 heavy (non-hydrogen) atoms. The Balaban J connectivity index is 1.87. The molecular weight excluding hydrogens is 344 g/mol. The van der Waals surface area contributed by atoms with Crippen molar-refractivity contribution in [3.63, 3.8) is 0 Å². The summed E-state index contributed by atoms with van der Waals surface area (Å²) in [5, 5.41) is 8.18. The van der Waals surface area contributed by atoms with Crippen molar-refractivity contribution in [2.24, 2.45) is 0 Å². The zero-order valence-electron chi connectivity index (χ0n) is 14.1. The Morgan fingerprint density at radius 1 is 1.20 bits per heavy atom. The van der Waals surface area contributed by atoms with E-state index in [9.17, 15) is 13.2 Å². The molecule has 9 heteroatoms. The van der Waals surface area contributed by atoms with Gasteiger partial charge in [-0.05, 0) is 31.9 Å². The zero-order chi connectivity index (χ0) is 18.0. The number of carbonyl (C=O) groups excluding carboxylic acids is 1. The highest BCUT2D eigenvalue weighted by Gasteiger charge is 2.32. The molecule has 0 spiro atoms.